The molecule has 0 aliphatic carbocycles. The highest BCUT2D eigenvalue weighted by atomic mass is 127. The van der Waals surface area contributed by atoms with Crippen LogP contribution in [0.4, 0.5) is 0 Å². The van der Waals surface area contributed by atoms with E-state index in [2.05, 4.69) is 45.2 Å². The van der Waals surface area contributed by atoms with Gasteiger partial charge in [0, 0.05) is 10.5 Å². The third kappa shape index (κ3) is 3.08. The van der Waals surface area contributed by atoms with Gasteiger partial charge >= 0.3 is 5.97 Å². The summed E-state index contributed by atoms with van der Waals surface area (Å²) < 4.78 is 7.20. The Kier molecular flexibility index (Phi) is 3.96. The minimum atomic E-state index is -0.276. The van der Waals surface area contributed by atoms with Gasteiger partial charge < -0.3 is 4.74 Å². The lowest BCUT2D eigenvalue weighted by atomic mass is 10.2. The van der Waals surface area contributed by atoms with Crippen LogP contribution >= 0.6 is 45.2 Å². The van der Waals surface area contributed by atoms with Gasteiger partial charge in [-0.2, -0.15) is 0 Å². The quantitative estimate of drug-likeness (QED) is 0.410. The normalized spacial score (nSPS) is 9.85. The van der Waals surface area contributed by atoms with Crippen LogP contribution < -0.4 is 4.74 Å². The Balaban J connectivity index is 3.13. The standard InChI is InChI=1S/C9H8I2O2/c1-5-3-7(10)4-8(11)9(5)13-6(2)12/h3-4H,1-2H3. The fraction of sp³-hybridized carbons (Fsp3) is 0.222. The van der Waals surface area contributed by atoms with E-state index in [1.54, 1.807) is 0 Å². The molecule has 0 unspecified atom stereocenters. The van der Waals surface area contributed by atoms with Crippen molar-refractivity contribution in [1.82, 2.24) is 0 Å². The number of rotatable bonds is 1. The molecular formula is C9H8I2O2. The molecule has 0 atom stereocenters. The number of benzene rings is 1. The summed E-state index contributed by atoms with van der Waals surface area (Å²) in [5.74, 6) is 0.399. The average Bonchev–Trinajstić information content (AvgIpc) is 1.96. The largest absolute Gasteiger partial charge is 0.425 e. The van der Waals surface area contributed by atoms with Crippen molar-refractivity contribution in [3.8, 4) is 5.75 Å². The first-order valence-electron chi connectivity index (χ1n) is 3.65. The maximum Gasteiger partial charge on any atom is 0.308 e. The van der Waals surface area contributed by atoms with Crippen LogP contribution in [0, 0.1) is 14.1 Å². The van der Waals surface area contributed by atoms with Gasteiger partial charge in [0.25, 0.3) is 0 Å². The molecule has 0 amide bonds. The van der Waals surface area contributed by atoms with Crippen LogP contribution in [0.15, 0.2) is 12.1 Å². The van der Waals surface area contributed by atoms with Crippen LogP contribution in [0.1, 0.15) is 12.5 Å². The maximum atomic E-state index is 10.8. The third-order valence-electron chi connectivity index (χ3n) is 1.44. The van der Waals surface area contributed by atoms with E-state index in [4.69, 9.17) is 4.74 Å². The number of halogens is 2. The van der Waals surface area contributed by atoms with Crippen LogP contribution in [0.5, 0.6) is 5.75 Å². The summed E-state index contributed by atoms with van der Waals surface area (Å²) >= 11 is 4.40. The molecule has 0 N–H and O–H groups in total. The number of hydrogen-bond acceptors (Lipinski definition) is 2. The molecule has 0 heterocycles. The number of carbonyl (C=O) groups excluding carboxylic acids is 1. The van der Waals surface area contributed by atoms with Crippen LogP contribution in [0.3, 0.4) is 0 Å². The van der Waals surface area contributed by atoms with Gasteiger partial charge in [-0.3, -0.25) is 4.79 Å². The highest BCUT2D eigenvalue weighted by molar-refractivity contribution is 14.1. The first-order chi connectivity index (χ1) is 6.00. The van der Waals surface area contributed by atoms with E-state index >= 15 is 0 Å². The van der Waals surface area contributed by atoms with Crippen molar-refractivity contribution < 1.29 is 9.53 Å². The first kappa shape index (κ1) is 11.2. The highest BCUT2D eigenvalue weighted by Gasteiger charge is 2.08. The predicted molar refractivity (Wildman–Crippen MR) is 67.9 cm³/mol. The third-order valence-corrected chi connectivity index (χ3v) is 2.86. The Hall–Kier alpha value is 0.150. The Morgan fingerprint density at radius 1 is 1.38 bits per heavy atom. The molecule has 0 saturated carbocycles. The molecule has 1 aromatic rings. The van der Waals surface area contributed by atoms with Crippen LogP contribution in [-0.2, 0) is 4.79 Å². The summed E-state index contributed by atoms with van der Waals surface area (Å²) in [5, 5.41) is 0. The molecule has 70 valence electrons. The van der Waals surface area contributed by atoms with Gasteiger partial charge in [0.2, 0.25) is 0 Å². The van der Waals surface area contributed by atoms with E-state index < -0.39 is 0 Å². The summed E-state index contributed by atoms with van der Waals surface area (Å²) in [6.45, 7) is 3.34. The van der Waals surface area contributed by atoms with Gasteiger partial charge in [-0.15, -0.1) is 0 Å². The molecule has 1 aromatic carbocycles. The number of esters is 1. The van der Waals surface area contributed by atoms with Crippen LogP contribution in [0.25, 0.3) is 0 Å². The fourth-order valence-corrected chi connectivity index (χ4v) is 3.21. The van der Waals surface area contributed by atoms with Gasteiger partial charge in [-0.25, -0.2) is 0 Å². The van der Waals surface area contributed by atoms with Gasteiger partial charge in [0.15, 0.2) is 0 Å². The maximum absolute atomic E-state index is 10.8. The topological polar surface area (TPSA) is 26.3 Å². The van der Waals surface area contributed by atoms with Gasteiger partial charge in [0.1, 0.15) is 5.75 Å². The van der Waals surface area contributed by atoms with E-state index in [-0.39, 0.29) is 5.97 Å². The van der Waals surface area contributed by atoms with E-state index in [0.29, 0.717) is 5.75 Å². The van der Waals surface area contributed by atoms with Crippen molar-refractivity contribution in [1.29, 1.82) is 0 Å². The van der Waals surface area contributed by atoms with Gasteiger partial charge in [-0.05, 0) is 69.8 Å². The zero-order chi connectivity index (χ0) is 10.0. The van der Waals surface area contributed by atoms with E-state index in [1.807, 2.05) is 19.1 Å². The molecule has 4 heteroatoms. The Labute approximate surface area is 104 Å². The minimum absolute atomic E-state index is 0.276. The molecule has 0 aliphatic rings. The zero-order valence-corrected chi connectivity index (χ0v) is 11.5. The Morgan fingerprint density at radius 2 is 2.00 bits per heavy atom. The number of hydrogen-bond donors (Lipinski definition) is 0. The minimum Gasteiger partial charge on any atom is -0.425 e. The second-order valence-electron chi connectivity index (χ2n) is 2.63. The van der Waals surface area contributed by atoms with E-state index in [9.17, 15) is 4.79 Å². The molecule has 0 saturated heterocycles. The molecule has 0 bridgehead atoms. The molecule has 0 fully saturated rings. The smallest absolute Gasteiger partial charge is 0.308 e. The summed E-state index contributed by atoms with van der Waals surface area (Å²) in [5.41, 5.74) is 0.992. The fourth-order valence-electron chi connectivity index (χ4n) is 0.962. The number of aryl methyl sites for hydroxylation is 1. The highest BCUT2D eigenvalue weighted by Crippen LogP contribution is 2.27. The van der Waals surface area contributed by atoms with Crippen molar-refractivity contribution in [2.24, 2.45) is 0 Å². The Morgan fingerprint density at radius 3 is 2.46 bits per heavy atom. The van der Waals surface area contributed by atoms with Gasteiger partial charge in [0.05, 0.1) is 3.57 Å². The molecule has 0 spiro atoms. The summed E-state index contributed by atoms with van der Waals surface area (Å²) in [6, 6.07) is 3.97. The lowest BCUT2D eigenvalue weighted by Crippen LogP contribution is -2.04. The second-order valence-corrected chi connectivity index (χ2v) is 5.04. The summed E-state index contributed by atoms with van der Waals surface area (Å²) in [4.78, 5) is 10.8. The van der Waals surface area contributed by atoms with Crippen LogP contribution in [0.2, 0.25) is 0 Å². The van der Waals surface area contributed by atoms with Crippen molar-refractivity contribution >= 4 is 51.2 Å². The lowest BCUT2D eigenvalue weighted by Gasteiger charge is -2.07. The van der Waals surface area contributed by atoms with Crippen LogP contribution in [-0.4, -0.2) is 5.97 Å². The van der Waals surface area contributed by atoms with Crippen molar-refractivity contribution in [2.75, 3.05) is 0 Å². The zero-order valence-electron chi connectivity index (χ0n) is 7.23. The number of ether oxygens (including phenoxy) is 1. The van der Waals surface area contributed by atoms with Crippen molar-refractivity contribution in [2.45, 2.75) is 13.8 Å². The molecule has 1 rings (SSSR count). The summed E-state index contributed by atoms with van der Waals surface area (Å²) in [6.07, 6.45) is 0. The van der Waals surface area contributed by atoms with Crippen molar-refractivity contribution in [3.63, 3.8) is 0 Å². The monoisotopic (exact) mass is 402 g/mol. The SMILES string of the molecule is CC(=O)Oc1c(C)cc(I)cc1I. The molecule has 13 heavy (non-hydrogen) atoms. The van der Waals surface area contributed by atoms with E-state index in [1.165, 1.54) is 6.92 Å². The predicted octanol–water partition coefficient (Wildman–Crippen LogP) is 3.13. The molecule has 0 aliphatic heterocycles. The average molecular weight is 402 g/mol. The Bertz CT molecular complexity index is 324. The van der Waals surface area contributed by atoms with Crippen molar-refractivity contribution in [3.05, 3.63) is 24.8 Å². The lowest BCUT2D eigenvalue weighted by molar-refractivity contribution is -0.131. The number of carbonyl (C=O) groups is 1. The molecule has 0 radical (unpaired) electrons. The summed E-state index contributed by atoms with van der Waals surface area (Å²) in [7, 11) is 0. The molecular weight excluding hydrogens is 394 g/mol. The first-order valence-corrected chi connectivity index (χ1v) is 5.80. The van der Waals surface area contributed by atoms with Gasteiger partial charge in [-0.1, -0.05) is 0 Å². The molecule has 2 nitrogen and oxygen atoms in total. The second kappa shape index (κ2) is 4.59. The molecule has 0 aromatic heterocycles. The van der Waals surface area contributed by atoms with E-state index in [0.717, 1.165) is 12.7 Å².